The fraction of sp³-hybridized carbons (Fsp3) is 0.200. The molecule has 2 N–H and O–H groups in total. The van der Waals surface area contributed by atoms with Gasteiger partial charge in [-0.2, -0.15) is 0 Å². The molecule has 35 heavy (non-hydrogen) atoms. The quantitative estimate of drug-likeness (QED) is 0.366. The van der Waals surface area contributed by atoms with Crippen LogP contribution in [0.25, 0.3) is 0 Å². The molecule has 5 rings (SSSR count). The summed E-state index contributed by atoms with van der Waals surface area (Å²) in [4.78, 5) is 2.33. The Kier molecular flexibility index (Phi) is 6.70. The number of nitrogens with zero attached hydrogens (tertiary/aromatic N) is 1. The van der Waals surface area contributed by atoms with E-state index in [1.165, 1.54) is 0 Å². The SMILES string of the molecule is OCCOc1ccccc1C1(c2ccccc2OCCO)CN(c2ccccc2)c2ccccc21. The molecule has 0 fully saturated rings. The first-order valence-electron chi connectivity index (χ1n) is 11.9. The minimum atomic E-state index is -0.621. The Morgan fingerprint density at radius 3 is 1.66 bits per heavy atom. The van der Waals surface area contributed by atoms with Crippen molar-refractivity contribution in [2.24, 2.45) is 0 Å². The highest BCUT2D eigenvalue weighted by Gasteiger charge is 2.48. The largest absolute Gasteiger partial charge is 0.491 e. The average molecular weight is 468 g/mol. The van der Waals surface area contributed by atoms with E-state index in [9.17, 15) is 10.2 Å². The van der Waals surface area contributed by atoms with Gasteiger partial charge in [-0.3, -0.25) is 0 Å². The van der Waals surface area contributed by atoms with E-state index in [1.54, 1.807) is 0 Å². The van der Waals surface area contributed by atoms with E-state index in [1.807, 2.05) is 42.5 Å². The van der Waals surface area contributed by atoms with Crippen molar-refractivity contribution in [3.05, 3.63) is 120 Å². The van der Waals surface area contributed by atoms with Crippen LogP contribution in [0.4, 0.5) is 11.4 Å². The van der Waals surface area contributed by atoms with Crippen LogP contribution in [0.15, 0.2) is 103 Å². The number of hydrogen-bond donors (Lipinski definition) is 2. The fourth-order valence-corrected chi connectivity index (χ4v) is 5.12. The van der Waals surface area contributed by atoms with Crippen molar-refractivity contribution < 1.29 is 19.7 Å². The van der Waals surface area contributed by atoms with E-state index in [2.05, 4.69) is 65.6 Å². The van der Waals surface area contributed by atoms with Crippen LogP contribution < -0.4 is 14.4 Å². The molecule has 0 spiro atoms. The minimum Gasteiger partial charge on any atom is -0.491 e. The van der Waals surface area contributed by atoms with Gasteiger partial charge in [0.25, 0.3) is 0 Å². The number of benzene rings is 4. The predicted molar refractivity (Wildman–Crippen MR) is 138 cm³/mol. The number of ether oxygens (including phenoxy) is 2. The van der Waals surface area contributed by atoms with Gasteiger partial charge in [0, 0.05) is 29.0 Å². The molecule has 0 atom stereocenters. The summed E-state index contributed by atoms with van der Waals surface area (Å²) < 4.78 is 12.1. The van der Waals surface area contributed by atoms with Gasteiger partial charge in [-0.05, 0) is 35.9 Å². The Bertz CT molecular complexity index is 1220. The summed E-state index contributed by atoms with van der Waals surface area (Å²) in [7, 11) is 0. The maximum absolute atomic E-state index is 9.48. The Labute approximate surface area is 205 Å². The third-order valence-corrected chi connectivity index (χ3v) is 6.51. The van der Waals surface area contributed by atoms with Gasteiger partial charge in [0.15, 0.2) is 0 Å². The smallest absolute Gasteiger partial charge is 0.123 e. The fourth-order valence-electron chi connectivity index (χ4n) is 5.12. The van der Waals surface area contributed by atoms with Gasteiger partial charge in [-0.15, -0.1) is 0 Å². The summed E-state index contributed by atoms with van der Waals surface area (Å²) in [5.74, 6) is 1.45. The highest BCUT2D eigenvalue weighted by molar-refractivity contribution is 5.79. The molecule has 0 saturated carbocycles. The number of fused-ring (bicyclic) bond motifs is 1. The molecule has 5 nitrogen and oxygen atoms in total. The lowest BCUT2D eigenvalue weighted by Gasteiger charge is -2.35. The third-order valence-electron chi connectivity index (χ3n) is 6.51. The normalized spacial score (nSPS) is 13.9. The summed E-state index contributed by atoms with van der Waals surface area (Å²) in [6, 6.07) is 34.9. The summed E-state index contributed by atoms with van der Waals surface area (Å²) in [5, 5.41) is 19.0. The number of anilines is 2. The maximum atomic E-state index is 9.48. The lowest BCUT2D eigenvalue weighted by Crippen LogP contribution is -2.35. The molecule has 5 heteroatoms. The summed E-state index contributed by atoms with van der Waals surface area (Å²) in [6.07, 6.45) is 0. The zero-order valence-corrected chi connectivity index (χ0v) is 19.5. The number of rotatable bonds is 9. The summed E-state index contributed by atoms with van der Waals surface area (Å²) in [5.41, 5.74) is 4.74. The Morgan fingerprint density at radius 2 is 1.09 bits per heavy atom. The molecule has 0 aromatic heterocycles. The van der Waals surface area contributed by atoms with Crippen molar-refractivity contribution in [2.75, 3.05) is 37.9 Å². The van der Waals surface area contributed by atoms with Gasteiger partial charge < -0.3 is 24.6 Å². The average Bonchev–Trinajstić information content (AvgIpc) is 3.27. The first-order chi connectivity index (χ1) is 17.3. The van der Waals surface area contributed by atoms with Crippen LogP contribution in [0.5, 0.6) is 11.5 Å². The second-order valence-electron chi connectivity index (χ2n) is 8.48. The first-order valence-corrected chi connectivity index (χ1v) is 11.9. The van der Waals surface area contributed by atoms with Crippen molar-refractivity contribution in [2.45, 2.75) is 5.41 Å². The number of aliphatic hydroxyl groups is 2. The molecule has 0 amide bonds. The monoisotopic (exact) mass is 467 g/mol. The lowest BCUT2D eigenvalue weighted by atomic mass is 9.70. The molecule has 178 valence electrons. The van der Waals surface area contributed by atoms with E-state index in [0.717, 1.165) is 39.6 Å². The zero-order chi connectivity index (χ0) is 24.1. The number of aliphatic hydroxyl groups excluding tert-OH is 2. The Hall–Kier alpha value is -3.80. The van der Waals surface area contributed by atoms with E-state index in [4.69, 9.17) is 9.47 Å². The Morgan fingerprint density at radius 1 is 0.600 bits per heavy atom. The molecular formula is C30H29NO4. The highest BCUT2D eigenvalue weighted by Crippen LogP contribution is 2.55. The van der Waals surface area contributed by atoms with Crippen molar-refractivity contribution in [1.82, 2.24) is 0 Å². The van der Waals surface area contributed by atoms with E-state index in [-0.39, 0.29) is 26.4 Å². The van der Waals surface area contributed by atoms with Crippen LogP contribution in [0.3, 0.4) is 0 Å². The molecule has 0 radical (unpaired) electrons. The van der Waals surface area contributed by atoms with Gasteiger partial charge in [-0.25, -0.2) is 0 Å². The molecule has 1 heterocycles. The maximum Gasteiger partial charge on any atom is 0.123 e. The van der Waals surface area contributed by atoms with Crippen LogP contribution in [-0.4, -0.2) is 43.2 Å². The second kappa shape index (κ2) is 10.2. The van der Waals surface area contributed by atoms with Gasteiger partial charge in [-0.1, -0.05) is 72.8 Å². The summed E-state index contributed by atoms with van der Waals surface area (Å²) >= 11 is 0. The lowest BCUT2D eigenvalue weighted by molar-refractivity contribution is 0.197. The molecule has 4 aromatic rings. The molecule has 4 aromatic carbocycles. The van der Waals surface area contributed by atoms with Crippen LogP contribution in [0.1, 0.15) is 16.7 Å². The van der Waals surface area contributed by atoms with Crippen LogP contribution in [0, 0.1) is 0 Å². The molecule has 1 aliphatic rings. The third kappa shape index (κ3) is 4.14. The summed E-state index contributed by atoms with van der Waals surface area (Å²) in [6.45, 7) is 0.920. The number of hydrogen-bond acceptors (Lipinski definition) is 5. The van der Waals surface area contributed by atoms with Gasteiger partial charge in [0.2, 0.25) is 0 Å². The molecule has 0 aliphatic carbocycles. The van der Waals surface area contributed by atoms with Crippen LogP contribution in [-0.2, 0) is 5.41 Å². The minimum absolute atomic E-state index is 0.0652. The topological polar surface area (TPSA) is 62.2 Å². The molecule has 0 saturated heterocycles. The van der Waals surface area contributed by atoms with Crippen molar-refractivity contribution in [1.29, 1.82) is 0 Å². The molecule has 0 bridgehead atoms. The predicted octanol–water partition coefficient (Wildman–Crippen LogP) is 4.91. The molecule has 1 aliphatic heterocycles. The van der Waals surface area contributed by atoms with E-state index in [0.29, 0.717) is 6.54 Å². The van der Waals surface area contributed by atoms with E-state index >= 15 is 0 Å². The van der Waals surface area contributed by atoms with Gasteiger partial charge in [0.05, 0.1) is 18.6 Å². The van der Waals surface area contributed by atoms with E-state index < -0.39 is 5.41 Å². The van der Waals surface area contributed by atoms with Crippen molar-refractivity contribution >= 4 is 11.4 Å². The Balaban J connectivity index is 1.80. The second-order valence-corrected chi connectivity index (χ2v) is 8.48. The van der Waals surface area contributed by atoms with Crippen LogP contribution in [0.2, 0.25) is 0 Å². The number of para-hydroxylation sites is 4. The molecule has 0 unspecified atom stereocenters. The van der Waals surface area contributed by atoms with Crippen molar-refractivity contribution in [3.63, 3.8) is 0 Å². The molecular weight excluding hydrogens is 438 g/mol. The van der Waals surface area contributed by atoms with Gasteiger partial charge in [0.1, 0.15) is 24.7 Å². The highest BCUT2D eigenvalue weighted by atomic mass is 16.5. The zero-order valence-electron chi connectivity index (χ0n) is 19.5. The standard InChI is InChI=1S/C30H29NO4/c32-18-20-34-28-16-8-5-13-25(28)30(26-14-6-9-17-29(26)35-21-19-33)22-31(23-10-2-1-3-11-23)27-15-7-4-12-24(27)30/h1-17,32-33H,18-22H2. The van der Waals surface area contributed by atoms with Crippen molar-refractivity contribution in [3.8, 4) is 11.5 Å². The van der Waals surface area contributed by atoms with Crippen LogP contribution >= 0.6 is 0 Å². The van der Waals surface area contributed by atoms with Gasteiger partial charge >= 0.3 is 0 Å². The first kappa shape index (κ1) is 23.0.